The fourth-order valence-electron chi connectivity index (χ4n) is 1.80. The molecule has 0 saturated heterocycles. The van der Waals surface area contributed by atoms with E-state index in [0.29, 0.717) is 0 Å². The van der Waals surface area contributed by atoms with Crippen LogP contribution < -0.4 is 5.32 Å². The van der Waals surface area contributed by atoms with Crippen molar-refractivity contribution < 1.29 is 4.21 Å². The minimum atomic E-state index is -0.944. The maximum Gasteiger partial charge on any atom is 0.0576 e. The Labute approximate surface area is 107 Å². The zero-order valence-electron chi connectivity index (χ0n) is 11.4. The molecule has 0 radical (unpaired) electrons. The van der Waals surface area contributed by atoms with Crippen molar-refractivity contribution in [3.05, 3.63) is 29.3 Å². The fourth-order valence-corrected chi connectivity index (χ4v) is 3.35. The van der Waals surface area contributed by atoms with E-state index < -0.39 is 10.8 Å². The van der Waals surface area contributed by atoms with Crippen LogP contribution in [0.3, 0.4) is 0 Å². The van der Waals surface area contributed by atoms with Gasteiger partial charge >= 0.3 is 0 Å². The van der Waals surface area contributed by atoms with Gasteiger partial charge in [0.15, 0.2) is 0 Å². The topological polar surface area (TPSA) is 29.1 Å². The Morgan fingerprint density at radius 1 is 1.29 bits per heavy atom. The van der Waals surface area contributed by atoms with Crippen molar-refractivity contribution in [2.45, 2.75) is 50.8 Å². The quantitative estimate of drug-likeness (QED) is 0.874. The SMILES string of the molecule is CCNC(C)C(C)S(=O)c1cc(C)ccc1C. The Hall–Kier alpha value is -0.670. The molecule has 96 valence electrons. The van der Waals surface area contributed by atoms with Crippen molar-refractivity contribution in [2.75, 3.05) is 6.54 Å². The first-order valence-electron chi connectivity index (χ1n) is 6.18. The molecule has 3 heteroatoms. The van der Waals surface area contributed by atoms with Gasteiger partial charge in [-0.25, -0.2) is 0 Å². The number of aryl methyl sites for hydroxylation is 2. The molecular weight excluding hydrogens is 230 g/mol. The summed E-state index contributed by atoms with van der Waals surface area (Å²) in [6.07, 6.45) is 0. The number of benzene rings is 1. The van der Waals surface area contributed by atoms with E-state index >= 15 is 0 Å². The molecule has 3 atom stereocenters. The summed E-state index contributed by atoms with van der Waals surface area (Å²) in [5.74, 6) is 0. The van der Waals surface area contributed by atoms with Gasteiger partial charge in [-0.1, -0.05) is 19.1 Å². The lowest BCUT2D eigenvalue weighted by atomic mass is 10.2. The van der Waals surface area contributed by atoms with Crippen LogP contribution in [0.5, 0.6) is 0 Å². The maximum absolute atomic E-state index is 12.5. The first kappa shape index (κ1) is 14.4. The van der Waals surface area contributed by atoms with Crippen LogP contribution in [0.2, 0.25) is 0 Å². The second kappa shape index (κ2) is 6.31. The third-order valence-electron chi connectivity index (χ3n) is 3.13. The van der Waals surface area contributed by atoms with Crippen molar-refractivity contribution in [3.63, 3.8) is 0 Å². The van der Waals surface area contributed by atoms with Crippen molar-refractivity contribution in [1.29, 1.82) is 0 Å². The van der Waals surface area contributed by atoms with Crippen LogP contribution in [0.4, 0.5) is 0 Å². The van der Waals surface area contributed by atoms with Crippen LogP contribution in [0, 0.1) is 13.8 Å². The predicted octanol–water partition coefficient (Wildman–Crippen LogP) is 2.80. The molecule has 0 aliphatic carbocycles. The summed E-state index contributed by atoms with van der Waals surface area (Å²) in [5, 5.41) is 3.46. The van der Waals surface area contributed by atoms with E-state index in [1.807, 2.05) is 32.9 Å². The van der Waals surface area contributed by atoms with E-state index in [1.54, 1.807) is 0 Å². The zero-order chi connectivity index (χ0) is 13.0. The van der Waals surface area contributed by atoms with Gasteiger partial charge in [-0.2, -0.15) is 0 Å². The predicted molar refractivity (Wildman–Crippen MR) is 74.9 cm³/mol. The standard InChI is InChI=1S/C14H23NOS/c1-6-15-12(4)13(5)17(16)14-9-10(2)7-8-11(14)3/h7-9,12-13,15H,6H2,1-5H3. The van der Waals surface area contributed by atoms with Gasteiger partial charge in [-0.15, -0.1) is 0 Å². The number of nitrogens with one attached hydrogen (secondary N) is 1. The third-order valence-corrected chi connectivity index (χ3v) is 5.09. The number of hydrogen-bond acceptors (Lipinski definition) is 2. The van der Waals surface area contributed by atoms with Crippen molar-refractivity contribution in [3.8, 4) is 0 Å². The second-order valence-corrected chi connectivity index (χ2v) is 6.40. The van der Waals surface area contributed by atoms with Gasteiger partial charge in [0.1, 0.15) is 0 Å². The van der Waals surface area contributed by atoms with Gasteiger partial charge in [-0.05, 0) is 51.4 Å². The summed E-state index contributed by atoms with van der Waals surface area (Å²) < 4.78 is 12.5. The van der Waals surface area contributed by atoms with E-state index in [0.717, 1.165) is 17.0 Å². The van der Waals surface area contributed by atoms with E-state index in [2.05, 4.69) is 25.2 Å². The molecular formula is C14H23NOS. The summed E-state index contributed by atoms with van der Waals surface area (Å²) in [6.45, 7) is 11.2. The largest absolute Gasteiger partial charge is 0.313 e. The number of hydrogen-bond donors (Lipinski definition) is 1. The van der Waals surface area contributed by atoms with Gasteiger partial charge in [-0.3, -0.25) is 4.21 Å². The molecule has 17 heavy (non-hydrogen) atoms. The van der Waals surface area contributed by atoms with Crippen LogP contribution >= 0.6 is 0 Å². The lowest BCUT2D eigenvalue weighted by Crippen LogP contribution is -2.38. The molecule has 0 bridgehead atoms. The Kier molecular flexibility index (Phi) is 5.34. The molecule has 0 saturated carbocycles. The smallest absolute Gasteiger partial charge is 0.0576 e. The Balaban J connectivity index is 2.92. The highest BCUT2D eigenvalue weighted by Gasteiger charge is 2.20. The molecule has 1 rings (SSSR count). The monoisotopic (exact) mass is 253 g/mol. The number of rotatable bonds is 5. The van der Waals surface area contributed by atoms with E-state index in [-0.39, 0.29) is 11.3 Å². The Morgan fingerprint density at radius 2 is 1.94 bits per heavy atom. The van der Waals surface area contributed by atoms with Crippen LogP contribution in [0.15, 0.2) is 23.1 Å². The highest BCUT2D eigenvalue weighted by Crippen LogP contribution is 2.19. The average molecular weight is 253 g/mol. The van der Waals surface area contributed by atoms with Crippen molar-refractivity contribution in [2.24, 2.45) is 0 Å². The molecule has 0 amide bonds. The van der Waals surface area contributed by atoms with Crippen LogP contribution in [0.25, 0.3) is 0 Å². The van der Waals surface area contributed by atoms with Crippen molar-refractivity contribution >= 4 is 10.8 Å². The molecule has 2 nitrogen and oxygen atoms in total. The molecule has 3 unspecified atom stereocenters. The van der Waals surface area contributed by atoms with Gasteiger partial charge in [0.2, 0.25) is 0 Å². The Bertz CT molecular complexity index is 403. The molecule has 0 heterocycles. The summed E-state index contributed by atoms with van der Waals surface area (Å²) in [5.41, 5.74) is 2.28. The zero-order valence-corrected chi connectivity index (χ0v) is 12.2. The molecule has 0 spiro atoms. The first-order chi connectivity index (χ1) is 7.97. The minimum absolute atomic E-state index is 0.121. The highest BCUT2D eigenvalue weighted by molar-refractivity contribution is 7.85. The summed E-state index contributed by atoms with van der Waals surface area (Å²) in [7, 11) is -0.944. The summed E-state index contributed by atoms with van der Waals surface area (Å²) >= 11 is 0. The molecule has 1 aromatic rings. The first-order valence-corrected chi connectivity index (χ1v) is 7.39. The van der Waals surface area contributed by atoms with Crippen molar-refractivity contribution in [1.82, 2.24) is 5.32 Å². The summed E-state index contributed by atoms with van der Waals surface area (Å²) in [6, 6.07) is 6.42. The third kappa shape index (κ3) is 3.65. The van der Waals surface area contributed by atoms with Crippen LogP contribution in [0.1, 0.15) is 31.9 Å². The lowest BCUT2D eigenvalue weighted by Gasteiger charge is -2.21. The normalized spacial score (nSPS) is 16.5. The molecule has 0 fully saturated rings. The molecule has 1 N–H and O–H groups in total. The Morgan fingerprint density at radius 3 is 2.53 bits per heavy atom. The second-order valence-electron chi connectivity index (χ2n) is 4.62. The average Bonchev–Trinajstić information content (AvgIpc) is 2.30. The molecule has 0 aliphatic heterocycles. The maximum atomic E-state index is 12.5. The van der Waals surface area contributed by atoms with Gasteiger partial charge in [0, 0.05) is 10.9 Å². The van der Waals surface area contributed by atoms with Gasteiger partial charge in [0.25, 0.3) is 0 Å². The fraction of sp³-hybridized carbons (Fsp3) is 0.571. The van der Waals surface area contributed by atoms with Gasteiger partial charge < -0.3 is 5.32 Å². The van der Waals surface area contributed by atoms with Gasteiger partial charge in [0.05, 0.1) is 16.0 Å². The van der Waals surface area contributed by atoms with Crippen LogP contribution in [-0.4, -0.2) is 22.0 Å². The van der Waals surface area contributed by atoms with Crippen LogP contribution in [-0.2, 0) is 10.8 Å². The minimum Gasteiger partial charge on any atom is -0.313 e. The molecule has 0 aromatic heterocycles. The highest BCUT2D eigenvalue weighted by atomic mass is 32.2. The van der Waals surface area contributed by atoms with E-state index in [4.69, 9.17) is 0 Å². The van der Waals surface area contributed by atoms with E-state index in [9.17, 15) is 4.21 Å². The summed E-state index contributed by atoms with van der Waals surface area (Å²) in [4.78, 5) is 0.974. The molecule has 1 aromatic carbocycles. The lowest BCUT2D eigenvalue weighted by molar-refractivity contribution is 0.549. The van der Waals surface area contributed by atoms with E-state index in [1.165, 1.54) is 5.56 Å². The molecule has 0 aliphatic rings.